The summed E-state index contributed by atoms with van der Waals surface area (Å²) in [5, 5.41) is 3.08. The number of nitrogens with zero attached hydrogens (tertiary/aromatic N) is 2. The van der Waals surface area contributed by atoms with Gasteiger partial charge >= 0.3 is 0 Å². The molecule has 1 heterocycles. The number of sulfonamides is 1. The van der Waals surface area contributed by atoms with E-state index in [9.17, 15) is 18.0 Å². The van der Waals surface area contributed by atoms with Gasteiger partial charge in [0.25, 0.3) is 15.9 Å². The maximum atomic E-state index is 13.6. The predicted molar refractivity (Wildman–Crippen MR) is 153 cm³/mol. The third-order valence-electron chi connectivity index (χ3n) is 5.97. The molecule has 0 aliphatic carbocycles. The molecule has 0 bridgehead atoms. The molecule has 1 saturated heterocycles. The van der Waals surface area contributed by atoms with Crippen LogP contribution in [-0.2, 0) is 14.8 Å². The van der Waals surface area contributed by atoms with Gasteiger partial charge in [-0.15, -0.1) is 12.4 Å². The van der Waals surface area contributed by atoms with Crippen molar-refractivity contribution in [2.24, 2.45) is 5.73 Å². The maximum absolute atomic E-state index is 13.6. The van der Waals surface area contributed by atoms with Crippen LogP contribution in [0.4, 0.5) is 5.69 Å². The summed E-state index contributed by atoms with van der Waals surface area (Å²) in [6, 6.07) is 18.0. The lowest BCUT2D eigenvalue weighted by molar-refractivity contribution is -0.131. The fourth-order valence-electron chi connectivity index (χ4n) is 3.82. The van der Waals surface area contributed by atoms with Gasteiger partial charge in [0.1, 0.15) is 0 Å². The van der Waals surface area contributed by atoms with Crippen LogP contribution in [0.15, 0.2) is 77.7 Å². The zero-order chi connectivity index (χ0) is 27.3. The zero-order valence-electron chi connectivity index (χ0n) is 20.6. The molecule has 9 nitrogen and oxygen atoms in total. The van der Waals surface area contributed by atoms with Crippen molar-refractivity contribution in [2.45, 2.75) is 23.8 Å². The summed E-state index contributed by atoms with van der Waals surface area (Å²) in [6.07, 6.45) is 1.45. The van der Waals surface area contributed by atoms with Crippen LogP contribution < -0.4 is 20.4 Å². The van der Waals surface area contributed by atoms with Crippen molar-refractivity contribution < 1.29 is 22.8 Å². The highest BCUT2D eigenvalue weighted by Gasteiger charge is 2.29. The smallest absolute Gasteiger partial charge is 0.295 e. The highest BCUT2D eigenvalue weighted by atomic mass is 35.5. The fraction of sp³-hybridized carbons (Fsp3) is 0.231. The minimum Gasteiger partial charge on any atom is -0.363 e. The fourth-order valence-corrected chi connectivity index (χ4v) is 5.51. The lowest BCUT2D eigenvalue weighted by Gasteiger charge is -2.30. The van der Waals surface area contributed by atoms with Crippen LogP contribution in [-0.4, -0.2) is 50.8 Å². The van der Waals surface area contributed by atoms with Crippen molar-refractivity contribution >= 4 is 63.1 Å². The molecule has 0 aromatic heterocycles. The second-order valence-electron chi connectivity index (χ2n) is 8.66. The first-order chi connectivity index (χ1) is 18.1. The summed E-state index contributed by atoms with van der Waals surface area (Å²) in [5.41, 5.74) is 6.30. The van der Waals surface area contributed by atoms with Crippen LogP contribution >= 0.6 is 35.6 Å². The number of halogens is 3. The number of piperidine rings is 1. The molecule has 2 amide bonds. The Morgan fingerprint density at radius 3 is 2.26 bits per heavy atom. The average Bonchev–Trinajstić information content (AvgIpc) is 2.92. The summed E-state index contributed by atoms with van der Waals surface area (Å²) >= 11 is 12.2. The van der Waals surface area contributed by atoms with E-state index in [0.29, 0.717) is 18.1 Å². The van der Waals surface area contributed by atoms with E-state index in [1.54, 1.807) is 35.2 Å². The minimum absolute atomic E-state index is 0. The quantitative estimate of drug-likeness (QED) is 0.366. The monoisotopic (exact) mass is 612 g/mol. The number of nitrogens with one attached hydrogen (secondary N) is 1. The molecule has 39 heavy (non-hydrogen) atoms. The highest BCUT2D eigenvalue weighted by Crippen LogP contribution is 2.32. The van der Waals surface area contributed by atoms with E-state index in [2.05, 4.69) is 5.32 Å². The van der Waals surface area contributed by atoms with E-state index in [1.165, 1.54) is 42.5 Å². The SMILES string of the molecule is Cl.NC1CCN(C(=O)CNC(=O)c2ccc(S(=O)(=O)N(Oc3ccc(Cl)cc3Cl)c3ccccc3)cc2)CC1. The number of carbonyl (C=O) groups excluding carboxylic acids is 2. The zero-order valence-corrected chi connectivity index (χ0v) is 23.8. The van der Waals surface area contributed by atoms with E-state index < -0.39 is 15.9 Å². The van der Waals surface area contributed by atoms with Crippen LogP contribution in [0.5, 0.6) is 5.75 Å². The van der Waals surface area contributed by atoms with Crippen molar-refractivity contribution in [3.05, 3.63) is 88.4 Å². The van der Waals surface area contributed by atoms with Gasteiger partial charge in [-0.25, -0.2) is 0 Å². The Bertz CT molecular complexity index is 1400. The average molecular weight is 614 g/mol. The van der Waals surface area contributed by atoms with E-state index in [-0.39, 0.29) is 57.8 Å². The van der Waals surface area contributed by atoms with E-state index in [4.69, 9.17) is 33.8 Å². The molecule has 4 rings (SSSR count). The first-order valence-corrected chi connectivity index (χ1v) is 14.0. The Kier molecular flexibility index (Phi) is 10.5. The Morgan fingerprint density at radius 1 is 1.00 bits per heavy atom. The highest BCUT2D eigenvalue weighted by molar-refractivity contribution is 7.92. The Hall–Kier alpha value is -3.02. The first kappa shape index (κ1) is 30.5. The van der Waals surface area contributed by atoms with Crippen LogP contribution in [0.3, 0.4) is 0 Å². The molecule has 3 aromatic rings. The number of benzene rings is 3. The molecule has 3 N–H and O–H groups in total. The molecule has 13 heteroatoms. The van der Waals surface area contributed by atoms with Gasteiger partial charge in [-0.2, -0.15) is 8.42 Å². The van der Waals surface area contributed by atoms with Gasteiger partial charge in [0.2, 0.25) is 5.91 Å². The number of nitrogens with two attached hydrogens (primary N) is 1. The third kappa shape index (κ3) is 7.55. The molecule has 0 atom stereocenters. The van der Waals surface area contributed by atoms with Crippen molar-refractivity contribution in [3.63, 3.8) is 0 Å². The van der Waals surface area contributed by atoms with Gasteiger partial charge in [-0.1, -0.05) is 45.9 Å². The molecular formula is C26H27Cl3N4O5S. The molecule has 1 aliphatic rings. The number of para-hydroxylation sites is 1. The number of hydrogen-bond donors (Lipinski definition) is 2. The molecule has 1 aliphatic heterocycles. The standard InChI is InChI=1S/C26H26Cl2N4O5S.ClH/c27-19-8-11-24(23(28)16-19)37-32(21-4-2-1-3-5-21)38(35,36)22-9-6-18(7-10-22)26(34)30-17-25(33)31-14-12-20(29)13-15-31;/h1-11,16,20H,12-15,17,29H2,(H,30,34);1H. The molecule has 0 saturated carbocycles. The first-order valence-electron chi connectivity index (χ1n) is 11.8. The molecular weight excluding hydrogens is 587 g/mol. The van der Waals surface area contributed by atoms with Crippen molar-refractivity contribution in [3.8, 4) is 5.75 Å². The Morgan fingerprint density at radius 2 is 1.64 bits per heavy atom. The summed E-state index contributed by atoms with van der Waals surface area (Å²) in [5.74, 6) is -0.610. The van der Waals surface area contributed by atoms with Crippen LogP contribution in [0, 0.1) is 0 Å². The third-order valence-corrected chi connectivity index (χ3v) is 8.09. The summed E-state index contributed by atoms with van der Waals surface area (Å²) in [7, 11) is -4.25. The normalized spacial score (nSPS) is 13.8. The van der Waals surface area contributed by atoms with Gasteiger partial charge in [-0.05, 0) is 67.4 Å². The number of carbonyl (C=O) groups is 2. The molecule has 208 valence electrons. The van der Waals surface area contributed by atoms with Crippen LogP contribution in [0.25, 0.3) is 0 Å². The van der Waals surface area contributed by atoms with Gasteiger partial charge in [0.05, 0.1) is 22.2 Å². The van der Waals surface area contributed by atoms with E-state index in [1.807, 2.05) is 0 Å². The molecule has 0 spiro atoms. The van der Waals surface area contributed by atoms with Crippen molar-refractivity contribution in [1.82, 2.24) is 10.2 Å². The molecule has 0 unspecified atom stereocenters. The number of likely N-dealkylation sites (tertiary alicyclic amines) is 1. The second-order valence-corrected chi connectivity index (χ2v) is 11.3. The topological polar surface area (TPSA) is 122 Å². The summed E-state index contributed by atoms with van der Waals surface area (Å²) in [4.78, 5) is 32.3. The second kappa shape index (κ2) is 13.4. The maximum Gasteiger partial charge on any atom is 0.295 e. The minimum atomic E-state index is -4.25. The van der Waals surface area contributed by atoms with Crippen molar-refractivity contribution in [2.75, 3.05) is 24.1 Å². The van der Waals surface area contributed by atoms with Gasteiger partial charge < -0.3 is 20.8 Å². The number of anilines is 1. The lowest BCUT2D eigenvalue weighted by Crippen LogP contribution is -2.46. The number of rotatable bonds is 8. The Balaban J connectivity index is 0.00000420. The molecule has 0 radical (unpaired) electrons. The van der Waals surface area contributed by atoms with Gasteiger partial charge in [0, 0.05) is 29.7 Å². The van der Waals surface area contributed by atoms with E-state index in [0.717, 1.165) is 17.3 Å². The van der Waals surface area contributed by atoms with Crippen molar-refractivity contribution in [1.29, 1.82) is 0 Å². The molecule has 1 fully saturated rings. The summed E-state index contributed by atoms with van der Waals surface area (Å²) < 4.78 is 27.9. The number of amides is 2. The Labute approximate surface area is 243 Å². The van der Waals surface area contributed by atoms with Gasteiger partial charge in [-0.3, -0.25) is 9.59 Å². The lowest BCUT2D eigenvalue weighted by atomic mass is 10.1. The largest absolute Gasteiger partial charge is 0.363 e. The predicted octanol–water partition coefficient (Wildman–Crippen LogP) is 4.28. The molecule has 3 aromatic carbocycles. The number of hydrogen-bond acceptors (Lipinski definition) is 6. The van der Waals surface area contributed by atoms with Gasteiger partial charge in [0.15, 0.2) is 5.75 Å². The van der Waals surface area contributed by atoms with Crippen LogP contribution in [0.1, 0.15) is 23.2 Å². The van der Waals surface area contributed by atoms with Crippen LogP contribution in [0.2, 0.25) is 10.0 Å². The summed E-state index contributed by atoms with van der Waals surface area (Å²) in [6.45, 7) is 0.957. The van der Waals surface area contributed by atoms with E-state index >= 15 is 0 Å².